The van der Waals surface area contributed by atoms with Crippen LogP contribution in [0.15, 0.2) is 24.3 Å². The molecule has 2 heterocycles. The van der Waals surface area contributed by atoms with Crippen LogP contribution >= 0.6 is 0 Å². The van der Waals surface area contributed by atoms with E-state index in [-0.39, 0.29) is 36.0 Å². The normalized spacial score (nSPS) is 14.2. The Bertz CT molecular complexity index is 1100. The Morgan fingerprint density at radius 1 is 1.00 bits per heavy atom. The highest BCUT2D eigenvalue weighted by atomic mass is 19.1. The van der Waals surface area contributed by atoms with E-state index in [0.29, 0.717) is 22.5 Å². The minimum Gasteiger partial charge on any atom is -0.453 e. The minimum absolute atomic E-state index is 0.0657. The summed E-state index contributed by atoms with van der Waals surface area (Å²) < 4.78 is 31.3. The van der Waals surface area contributed by atoms with Crippen molar-refractivity contribution in [3.05, 3.63) is 47.0 Å². The van der Waals surface area contributed by atoms with Gasteiger partial charge < -0.3 is 26.4 Å². The third kappa shape index (κ3) is 5.17. The number of nitrogens with one attached hydrogen (secondary N) is 3. The summed E-state index contributed by atoms with van der Waals surface area (Å²) in [4.78, 5) is 44.5. The molecule has 4 rings (SSSR count). The first-order chi connectivity index (χ1) is 15.0. The van der Waals surface area contributed by atoms with E-state index in [1.165, 1.54) is 38.1 Å². The number of esters is 1. The number of carbonyl (C=O) groups excluding carboxylic acids is 4. The van der Waals surface area contributed by atoms with Gasteiger partial charge in [0.05, 0.1) is 24.2 Å². The SMILES string of the molecule is CC(=O)OC(C)C(=O)Nc1cc2c(cc1F)CC(=O)N2.Nc1cc2c(cc1F)CC(=O)N2. The van der Waals surface area contributed by atoms with Gasteiger partial charge in [0.25, 0.3) is 5.91 Å². The van der Waals surface area contributed by atoms with Crippen molar-refractivity contribution < 1.29 is 32.7 Å². The number of hydrogen-bond acceptors (Lipinski definition) is 6. The van der Waals surface area contributed by atoms with Crippen LogP contribution < -0.4 is 21.7 Å². The standard InChI is InChI=1S/C13H13FN2O4.C8H7FN2O/c1-6(20-7(2)17)13(19)16-11-5-10-8(3-9(11)14)4-12(18)15-10;9-5-1-4-2-8(12)11-7(4)3-6(5)10/h3,5-6H,4H2,1-2H3,(H,15,18)(H,16,19);1,3H,2,10H2,(H,11,12). The number of nitrogens with two attached hydrogens (primary N) is 1. The quantitative estimate of drug-likeness (QED) is 0.421. The van der Waals surface area contributed by atoms with Crippen LogP contribution in [-0.4, -0.2) is 29.8 Å². The van der Waals surface area contributed by atoms with Crippen molar-refractivity contribution in [2.75, 3.05) is 21.7 Å². The highest BCUT2D eigenvalue weighted by Crippen LogP contribution is 2.29. The second-order valence-electron chi connectivity index (χ2n) is 7.21. The van der Waals surface area contributed by atoms with Crippen molar-refractivity contribution in [2.24, 2.45) is 0 Å². The molecule has 0 radical (unpaired) electrons. The van der Waals surface area contributed by atoms with Gasteiger partial charge in [0.2, 0.25) is 11.8 Å². The summed E-state index contributed by atoms with van der Waals surface area (Å²) in [5.74, 6) is -2.71. The van der Waals surface area contributed by atoms with E-state index in [0.717, 1.165) is 0 Å². The molecule has 5 N–H and O–H groups in total. The zero-order valence-electron chi connectivity index (χ0n) is 17.2. The Kier molecular flexibility index (Phi) is 6.37. The molecular formula is C21H20F2N4O5. The van der Waals surface area contributed by atoms with Crippen molar-refractivity contribution in [3.63, 3.8) is 0 Å². The fourth-order valence-corrected chi connectivity index (χ4v) is 3.14. The van der Waals surface area contributed by atoms with Gasteiger partial charge in [-0.1, -0.05) is 0 Å². The summed E-state index contributed by atoms with van der Waals surface area (Å²) in [5.41, 5.74) is 7.61. The number of rotatable bonds is 3. The lowest BCUT2D eigenvalue weighted by Gasteiger charge is -2.13. The fraction of sp³-hybridized carbons (Fsp3) is 0.238. The van der Waals surface area contributed by atoms with Crippen LogP contribution in [0.3, 0.4) is 0 Å². The van der Waals surface area contributed by atoms with Crippen molar-refractivity contribution in [1.29, 1.82) is 0 Å². The molecule has 168 valence electrons. The number of ether oxygens (including phenoxy) is 1. The Morgan fingerprint density at radius 3 is 2.09 bits per heavy atom. The highest BCUT2D eigenvalue weighted by Gasteiger charge is 2.23. The molecule has 0 aliphatic carbocycles. The zero-order valence-corrected chi connectivity index (χ0v) is 17.2. The van der Waals surface area contributed by atoms with Gasteiger partial charge >= 0.3 is 5.97 Å². The third-order valence-electron chi connectivity index (χ3n) is 4.64. The van der Waals surface area contributed by atoms with Gasteiger partial charge in [0.1, 0.15) is 11.6 Å². The Morgan fingerprint density at radius 2 is 1.53 bits per heavy atom. The lowest BCUT2D eigenvalue weighted by Crippen LogP contribution is -2.29. The van der Waals surface area contributed by atoms with Crippen LogP contribution in [0.25, 0.3) is 0 Å². The van der Waals surface area contributed by atoms with Crippen molar-refractivity contribution >= 4 is 46.4 Å². The maximum Gasteiger partial charge on any atom is 0.303 e. The molecule has 1 atom stereocenters. The summed E-state index contributed by atoms with van der Waals surface area (Å²) in [6.07, 6.45) is -0.675. The molecule has 0 aromatic heterocycles. The fourth-order valence-electron chi connectivity index (χ4n) is 3.14. The number of amides is 3. The number of hydrogen-bond donors (Lipinski definition) is 4. The molecule has 11 heteroatoms. The van der Waals surface area contributed by atoms with Gasteiger partial charge in [0.15, 0.2) is 6.10 Å². The summed E-state index contributed by atoms with van der Waals surface area (Å²) in [7, 11) is 0. The summed E-state index contributed by atoms with van der Waals surface area (Å²) >= 11 is 0. The molecule has 1 unspecified atom stereocenters. The Balaban J connectivity index is 0.000000204. The van der Waals surface area contributed by atoms with Crippen LogP contribution in [-0.2, 0) is 36.8 Å². The number of halogens is 2. The summed E-state index contributed by atoms with van der Waals surface area (Å²) in [6, 6.07) is 5.27. The first-order valence-corrected chi connectivity index (χ1v) is 9.51. The van der Waals surface area contributed by atoms with Crippen molar-refractivity contribution in [3.8, 4) is 0 Å². The number of nitrogen functional groups attached to an aromatic ring is 1. The molecule has 0 spiro atoms. The molecule has 0 bridgehead atoms. The Labute approximate surface area is 181 Å². The molecule has 3 amide bonds. The summed E-state index contributed by atoms with van der Waals surface area (Å²) in [6.45, 7) is 2.55. The second kappa shape index (κ2) is 9.00. The predicted molar refractivity (Wildman–Crippen MR) is 112 cm³/mol. The first kappa shape index (κ1) is 22.7. The van der Waals surface area contributed by atoms with Crippen LogP contribution in [0.4, 0.5) is 31.5 Å². The molecule has 0 saturated heterocycles. The molecule has 0 saturated carbocycles. The third-order valence-corrected chi connectivity index (χ3v) is 4.64. The van der Waals surface area contributed by atoms with Crippen LogP contribution in [0.2, 0.25) is 0 Å². The minimum atomic E-state index is -1.03. The highest BCUT2D eigenvalue weighted by molar-refractivity contribution is 6.01. The first-order valence-electron chi connectivity index (χ1n) is 9.51. The predicted octanol–water partition coefficient (Wildman–Crippen LogP) is 2.11. The number of fused-ring (bicyclic) bond motifs is 2. The van der Waals surface area contributed by atoms with Crippen LogP contribution in [0, 0.1) is 11.6 Å². The molecule has 0 fully saturated rings. The number of anilines is 4. The van der Waals surface area contributed by atoms with Gasteiger partial charge in [-0.2, -0.15) is 0 Å². The smallest absolute Gasteiger partial charge is 0.303 e. The van der Waals surface area contributed by atoms with Gasteiger partial charge in [-0.05, 0) is 42.3 Å². The lowest BCUT2D eigenvalue weighted by atomic mass is 10.1. The molecule has 2 aliphatic heterocycles. The number of benzene rings is 2. The largest absolute Gasteiger partial charge is 0.453 e. The Hall–Kier alpha value is -4.02. The maximum atomic E-state index is 13.8. The van der Waals surface area contributed by atoms with E-state index in [1.807, 2.05) is 0 Å². The topological polar surface area (TPSA) is 140 Å². The maximum absolute atomic E-state index is 13.8. The molecule has 2 aromatic rings. The van der Waals surface area contributed by atoms with E-state index >= 15 is 0 Å². The molecule has 9 nitrogen and oxygen atoms in total. The van der Waals surface area contributed by atoms with E-state index in [2.05, 4.69) is 16.0 Å². The molecule has 2 aromatic carbocycles. The van der Waals surface area contributed by atoms with E-state index in [9.17, 15) is 28.0 Å². The van der Waals surface area contributed by atoms with Gasteiger partial charge in [-0.15, -0.1) is 0 Å². The average Bonchev–Trinajstić information content (AvgIpc) is 3.22. The van der Waals surface area contributed by atoms with Gasteiger partial charge in [0, 0.05) is 18.3 Å². The van der Waals surface area contributed by atoms with E-state index in [1.54, 1.807) is 0 Å². The lowest BCUT2D eigenvalue weighted by molar-refractivity contribution is -0.150. The van der Waals surface area contributed by atoms with E-state index in [4.69, 9.17) is 10.5 Å². The average molecular weight is 446 g/mol. The van der Waals surface area contributed by atoms with Crippen molar-refractivity contribution in [2.45, 2.75) is 32.8 Å². The second-order valence-corrected chi connectivity index (χ2v) is 7.21. The molecule has 2 aliphatic rings. The van der Waals surface area contributed by atoms with E-state index < -0.39 is 29.6 Å². The van der Waals surface area contributed by atoms with Gasteiger partial charge in [-0.25, -0.2) is 8.78 Å². The monoisotopic (exact) mass is 446 g/mol. The van der Waals surface area contributed by atoms with Crippen LogP contribution in [0.5, 0.6) is 0 Å². The molecular weight excluding hydrogens is 426 g/mol. The van der Waals surface area contributed by atoms with Crippen molar-refractivity contribution in [1.82, 2.24) is 0 Å². The van der Waals surface area contributed by atoms with Crippen LogP contribution in [0.1, 0.15) is 25.0 Å². The molecule has 32 heavy (non-hydrogen) atoms. The zero-order chi connectivity index (χ0) is 23.6. The number of carbonyl (C=O) groups is 4. The van der Waals surface area contributed by atoms with Gasteiger partial charge in [-0.3, -0.25) is 19.2 Å². The summed E-state index contributed by atoms with van der Waals surface area (Å²) in [5, 5.41) is 7.45.